The van der Waals surface area contributed by atoms with Crippen LogP contribution >= 0.6 is 0 Å². The van der Waals surface area contributed by atoms with Crippen molar-refractivity contribution in [3.8, 4) is 0 Å². The lowest BCUT2D eigenvalue weighted by molar-refractivity contribution is 0.253. The maximum Gasteiger partial charge on any atom is 0.128 e. The molecule has 0 bridgehead atoms. The van der Waals surface area contributed by atoms with Crippen molar-refractivity contribution >= 4 is 11.6 Å². The number of nitrogens with one attached hydrogen (secondary N) is 2. The second-order valence-electron chi connectivity index (χ2n) is 5.85. The number of nitrogens with zero attached hydrogens (tertiary/aromatic N) is 1. The topological polar surface area (TPSA) is 37.0 Å². The SMILES string of the molecule is CCCNc1cccc(NC2CCCC(C)C2C)n1. The van der Waals surface area contributed by atoms with Crippen LogP contribution in [0.5, 0.6) is 0 Å². The van der Waals surface area contributed by atoms with Crippen LogP contribution in [0, 0.1) is 11.8 Å². The molecule has 0 aliphatic heterocycles. The van der Waals surface area contributed by atoms with Crippen molar-refractivity contribution in [3.05, 3.63) is 18.2 Å². The third-order valence-electron chi connectivity index (χ3n) is 4.35. The van der Waals surface area contributed by atoms with Gasteiger partial charge in [-0.2, -0.15) is 0 Å². The van der Waals surface area contributed by atoms with Crippen LogP contribution in [0.15, 0.2) is 18.2 Å². The minimum absolute atomic E-state index is 0.567. The summed E-state index contributed by atoms with van der Waals surface area (Å²) in [5.41, 5.74) is 0. The number of rotatable bonds is 5. The molecule has 19 heavy (non-hydrogen) atoms. The van der Waals surface area contributed by atoms with Crippen LogP contribution in [0.2, 0.25) is 0 Å². The quantitative estimate of drug-likeness (QED) is 0.836. The first-order chi connectivity index (χ1) is 9.20. The molecule has 1 aromatic heterocycles. The molecule has 3 unspecified atom stereocenters. The Morgan fingerprint density at radius 3 is 2.79 bits per heavy atom. The van der Waals surface area contributed by atoms with Crippen LogP contribution in [0.4, 0.5) is 11.6 Å². The molecule has 2 rings (SSSR count). The zero-order valence-electron chi connectivity index (χ0n) is 12.4. The van der Waals surface area contributed by atoms with Gasteiger partial charge in [-0.25, -0.2) is 4.98 Å². The molecule has 0 saturated heterocycles. The molecule has 1 heterocycles. The first-order valence-electron chi connectivity index (χ1n) is 7.68. The third-order valence-corrected chi connectivity index (χ3v) is 4.35. The minimum Gasteiger partial charge on any atom is -0.370 e. The van der Waals surface area contributed by atoms with Crippen molar-refractivity contribution in [1.82, 2.24) is 4.98 Å². The van der Waals surface area contributed by atoms with Crippen molar-refractivity contribution in [2.24, 2.45) is 11.8 Å². The Hall–Kier alpha value is -1.25. The van der Waals surface area contributed by atoms with Crippen LogP contribution in [0.3, 0.4) is 0 Å². The first kappa shape index (κ1) is 14.2. The molecule has 1 saturated carbocycles. The number of pyridine rings is 1. The zero-order chi connectivity index (χ0) is 13.7. The number of hydrogen-bond donors (Lipinski definition) is 2. The number of aromatic nitrogens is 1. The third kappa shape index (κ3) is 3.85. The van der Waals surface area contributed by atoms with E-state index in [9.17, 15) is 0 Å². The summed E-state index contributed by atoms with van der Waals surface area (Å²) >= 11 is 0. The van der Waals surface area contributed by atoms with Crippen LogP contribution in [0.25, 0.3) is 0 Å². The largest absolute Gasteiger partial charge is 0.370 e. The first-order valence-corrected chi connectivity index (χ1v) is 7.68. The predicted molar refractivity (Wildman–Crippen MR) is 82.6 cm³/mol. The monoisotopic (exact) mass is 261 g/mol. The molecule has 1 fully saturated rings. The fourth-order valence-corrected chi connectivity index (χ4v) is 2.84. The Morgan fingerprint density at radius 2 is 2.00 bits per heavy atom. The van der Waals surface area contributed by atoms with Crippen LogP contribution in [-0.2, 0) is 0 Å². The number of hydrogen-bond acceptors (Lipinski definition) is 3. The zero-order valence-corrected chi connectivity index (χ0v) is 12.4. The highest BCUT2D eigenvalue weighted by Gasteiger charge is 2.26. The van der Waals surface area contributed by atoms with E-state index in [1.807, 2.05) is 6.07 Å². The van der Waals surface area contributed by atoms with Gasteiger partial charge in [0.15, 0.2) is 0 Å². The highest BCUT2D eigenvalue weighted by molar-refractivity contribution is 5.45. The molecule has 2 N–H and O–H groups in total. The van der Waals surface area contributed by atoms with Gasteiger partial charge >= 0.3 is 0 Å². The Kier molecular flexibility index (Phi) is 5.06. The molecule has 0 spiro atoms. The lowest BCUT2D eigenvalue weighted by atomic mass is 9.78. The van der Waals surface area contributed by atoms with Gasteiger partial charge in [0.25, 0.3) is 0 Å². The number of anilines is 2. The Labute approximate surface area is 117 Å². The molecule has 1 aliphatic carbocycles. The van der Waals surface area contributed by atoms with Gasteiger partial charge in [-0.1, -0.05) is 39.7 Å². The molecular weight excluding hydrogens is 234 g/mol. The van der Waals surface area contributed by atoms with E-state index in [4.69, 9.17) is 0 Å². The predicted octanol–water partition coefficient (Wildman–Crippen LogP) is 4.14. The van der Waals surface area contributed by atoms with E-state index < -0.39 is 0 Å². The highest BCUT2D eigenvalue weighted by Crippen LogP contribution is 2.31. The van der Waals surface area contributed by atoms with Gasteiger partial charge in [0.05, 0.1) is 0 Å². The summed E-state index contributed by atoms with van der Waals surface area (Å²) in [5.74, 6) is 3.52. The maximum absolute atomic E-state index is 4.64. The highest BCUT2D eigenvalue weighted by atomic mass is 15.1. The Bertz CT molecular complexity index is 391. The van der Waals surface area contributed by atoms with Gasteiger partial charge in [0.1, 0.15) is 11.6 Å². The maximum atomic E-state index is 4.64. The Balaban J connectivity index is 1.98. The van der Waals surface area contributed by atoms with Gasteiger partial charge < -0.3 is 10.6 Å². The second kappa shape index (κ2) is 6.78. The van der Waals surface area contributed by atoms with E-state index in [1.165, 1.54) is 19.3 Å². The molecule has 1 aromatic rings. The second-order valence-corrected chi connectivity index (χ2v) is 5.85. The van der Waals surface area contributed by atoms with Crippen molar-refractivity contribution in [2.75, 3.05) is 17.2 Å². The summed E-state index contributed by atoms with van der Waals surface area (Å²) in [5, 5.41) is 6.97. The molecule has 1 aliphatic rings. The van der Waals surface area contributed by atoms with Crippen LogP contribution in [0.1, 0.15) is 46.5 Å². The van der Waals surface area contributed by atoms with E-state index >= 15 is 0 Å². The van der Waals surface area contributed by atoms with Crippen molar-refractivity contribution in [1.29, 1.82) is 0 Å². The van der Waals surface area contributed by atoms with Gasteiger partial charge in [-0.3, -0.25) is 0 Å². The summed E-state index contributed by atoms with van der Waals surface area (Å²) in [6.45, 7) is 7.87. The van der Waals surface area contributed by atoms with Crippen LogP contribution in [-0.4, -0.2) is 17.6 Å². The fourth-order valence-electron chi connectivity index (χ4n) is 2.84. The van der Waals surface area contributed by atoms with Crippen molar-refractivity contribution < 1.29 is 0 Å². The minimum atomic E-state index is 0.567. The van der Waals surface area contributed by atoms with Gasteiger partial charge in [-0.15, -0.1) is 0 Å². The van der Waals surface area contributed by atoms with Crippen molar-refractivity contribution in [3.63, 3.8) is 0 Å². The molecule has 106 valence electrons. The average molecular weight is 261 g/mol. The van der Waals surface area contributed by atoms with E-state index in [0.717, 1.165) is 36.4 Å². The Morgan fingerprint density at radius 1 is 1.21 bits per heavy atom. The molecule has 0 aromatic carbocycles. The van der Waals surface area contributed by atoms with Crippen LogP contribution < -0.4 is 10.6 Å². The summed E-state index contributed by atoms with van der Waals surface area (Å²) in [6, 6.07) is 6.75. The normalized spacial score (nSPS) is 27.0. The lowest BCUT2D eigenvalue weighted by Gasteiger charge is -2.35. The molecule has 3 atom stereocenters. The average Bonchev–Trinajstić information content (AvgIpc) is 2.42. The standard InChI is InChI=1S/C16H27N3/c1-4-11-17-15-9-6-10-16(19-15)18-14-8-5-7-12(2)13(14)3/h6,9-10,12-14H,4-5,7-8,11H2,1-3H3,(H2,17,18,19). The molecule has 3 heteroatoms. The van der Waals surface area contributed by atoms with E-state index in [0.29, 0.717) is 6.04 Å². The molecule has 3 nitrogen and oxygen atoms in total. The summed E-state index contributed by atoms with van der Waals surface area (Å²) < 4.78 is 0. The summed E-state index contributed by atoms with van der Waals surface area (Å²) in [6.07, 6.45) is 5.08. The molecule has 0 radical (unpaired) electrons. The smallest absolute Gasteiger partial charge is 0.128 e. The van der Waals surface area contributed by atoms with Gasteiger partial charge in [0, 0.05) is 12.6 Å². The van der Waals surface area contributed by atoms with E-state index in [2.05, 4.69) is 48.5 Å². The lowest BCUT2D eigenvalue weighted by Crippen LogP contribution is -2.35. The fraction of sp³-hybridized carbons (Fsp3) is 0.688. The molecule has 0 amide bonds. The molecular formula is C16H27N3. The van der Waals surface area contributed by atoms with Crippen molar-refractivity contribution in [2.45, 2.75) is 52.5 Å². The van der Waals surface area contributed by atoms with E-state index in [-0.39, 0.29) is 0 Å². The summed E-state index contributed by atoms with van der Waals surface area (Å²) in [7, 11) is 0. The van der Waals surface area contributed by atoms with E-state index in [1.54, 1.807) is 0 Å². The summed E-state index contributed by atoms with van der Waals surface area (Å²) in [4.78, 5) is 4.64. The van der Waals surface area contributed by atoms with Gasteiger partial charge in [-0.05, 0) is 36.8 Å². The van der Waals surface area contributed by atoms with Gasteiger partial charge in [0.2, 0.25) is 0 Å².